The number of fused-ring (bicyclic) bond motifs is 4. The summed E-state index contributed by atoms with van der Waals surface area (Å²) in [7, 11) is 1.72. The number of hydrogen-bond donors (Lipinski definition) is 0. The zero-order chi connectivity index (χ0) is 19.1. The van der Waals surface area contributed by atoms with Gasteiger partial charge in [0.2, 0.25) is 0 Å². The Morgan fingerprint density at radius 1 is 0.464 bits per heavy atom. The SMILES string of the molecule is [SiH3]C#Cc1c2cc3ccccc3cc2c(C#C[SiH3])c2cc3ccccc3cc12. The average Bonchev–Trinajstić information content (AvgIpc) is 2.74. The highest BCUT2D eigenvalue weighted by Crippen LogP contribution is 2.36. The summed E-state index contributed by atoms with van der Waals surface area (Å²) in [5.41, 5.74) is 8.82. The van der Waals surface area contributed by atoms with Gasteiger partial charge >= 0.3 is 0 Å². The van der Waals surface area contributed by atoms with Crippen molar-refractivity contribution < 1.29 is 0 Å². The molecule has 0 bridgehead atoms. The maximum absolute atomic E-state index is 3.46. The molecule has 0 aliphatic carbocycles. The van der Waals surface area contributed by atoms with Gasteiger partial charge in [-0.2, -0.15) is 0 Å². The Balaban J connectivity index is 2.11. The fourth-order valence-corrected chi connectivity index (χ4v) is 4.62. The van der Waals surface area contributed by atoms with Crippen molar-refractivity contribution in [2.75, 3.05) is 0 Å². The first-order valence-electron chi connectivity index (χ1n) is 9.46. The Morgan fingerprint density at radius 3 is 1.00 bits per heavy atom. The molecule has 0 fully saturated rings. The number of rotatable bonds is 0. The Bertz CT molecular complexity index is 1320. The molecule has 5 aromatic rings. The predicted molar refractivity (Wildman–Crippen MR) is 130 cm³/mol. The lowest BCUT2D eigenvalue weighted by Gasteiger charge is -2.13. The minimum absolute atomic E-state index is 0.860. The standard InChI is InChI=1S/C26H18Si2/c27-11-9-21-23-13-17-5-1-2-6-18(17)14-24(23)22(10-12-28)26-16-20-8-4-3-7-19(20)15-25(21)26/h1-8,13-16H,27-28H3. The molecule has 0 spiro atoms. The van der Waals surface area contributed by atoms with Gasteiger partial charge in [-0.3, -0.25) is 0 Å². The van der Waals surface area contributed by atoms with E-state index in [-0.39, 0.29) is 0 Å². The summed E-state index contributed by atoms with van der Waals surface area (Å²) in [6.45, 7) is 0. The fourth-order valence-electron chi connectivity index (χ4n) is 4.12. The third kappa shape index (κ3) is 2.55. The first kappa shape index (κ1) is 16.8. The van der Waals surface area contributed by atoms with E-state index in [1.165, 1.54) is 43.1 Å². The van der Waals surface area contributed by atoms with E-state index in [1.807, 2.05) is 0 Å². The van der Waals surface area contributed by atoms with Gasteiger partial charge in [0.05, 0.1) is 20.5 Å². The summed E-state index contributed by atoms with van der Waals surface area (Å²) in [4.78, 5) is 0. The highest BCUT2D eigenvalue weighted by molar-refractivity contribution is 6.24. The molecule has 0 saturated carbocycles. The van der Waals surface area contributed by atoms with Gasteiger partial charge in [0, 0.05) is 11.1 Å². The Morgan fingerprint density at radius 2 is 0.750 bits per heavy atom. The minimum atomic E-state index is 0.860. The maximum Gasteiger partial charge on any atom is 0.0911 e. The van der Waals surface area contributed by atoms with Crippen molar-refractivity contribution in [3.8, 4) is 22.9 Å². The van der Waals surface area contributed by atoms with E-state index in [4.69, 9.17) is 0 Å². The Hall–Kier alpha value is -3.31. The van der Waals surface area contributed by atoms with E-state index in [0.29, 0.717) is 0 Å². The van der Waals surface area contributed by atoms with Crippen molar-refractivity contribution in [1.82, 2.24) is 0 Å². The van der Waals surface area contributed by atoms with Crippen LogP contribution in [-0.2, 0) is 0 Å². The van der Waals surface area contributed by atoms with Crippen LogP contribution in [0.15, 0.2) is 72.8 Å². The zero-order valence-electron chi connectivity index (χ0n) is 15.9. The second kappa shape index (κ2) is 6.69. The quantitative estimate of drug-likeness (QED) is 0.216. The zero-order valence-corrected chi connectivity index (χ0v) is 19.9. The molecule has 0 heterocycles. The molecule has 28 heavy (non-hydrogen) atoms. The van der Waals surface area contributed by atoms with Gasteiger partial charge in [-0.15, -0.1) is 11.1 Å². The lowest BCUT2D eigenvalue weighted by atomic mass is 9.89. The molecule has 0 N–H and O–H groups in total. The van der Waals surface area contributed by atoms with Crippen LogP contribution in [0.25, 0.3) is 43.1 Å². The molecule has 0 aromatic heterocycles. The topological polar surface area (TPSA) is 0 Å². The fraction of sp³-hybridized carbons (Fsp3) is 0. The van der Waals surface area contributed by atoms with Gasteiger partial charge in [0.1, 0.15) is 0 Å². The lowest BCUT2D eigenvalue weighted by molar-refractivity contribution is 1.74. The lowest BCUT2D eigenvalue weighted by Crippen LogP contribution is -1.92. The summed E-state index contributed by atoms with van der Waals surface area (Å²) in [5.74, 6) is 6.93. The van der Waals surface area contributed by atoms with Gasteiger partial charge in [0.25, 0.3) is 0 Å². The van der Waals surface area contributed by atoms with Gasteiger partial charge in [-0.05, 0) is 67.4 Å². The van der Waals surface area contributed by atoms with Crippen molar-refractivity contribution >= 4 is 63.6 Å². The van der Waals surface area contributed by atoms with Crippen LogP contribution in [0.4, 0.5) is 0 Å². The molecule has 0 aliphatic heterocycles. The van der Waals surface area contributed by atoms with Crippen molar-refractivity contribution in [2.45, 2.75) is 0 Å². The van der Waals surface area contributed by atoms with Gasteiger partial charge < -0.3 is 0 Å². The first-order chi connectivity index (χ1) is 13.8. The first-order valence-corrected chi connectivity index (χ1v) is 11.5. The van der Waals surface area contributed by atoms with Crippen LogP contribution in [0.3, 0.4) is 0 Å². The van der Waals surface area contributed by atoms with Crippen LogP contribution in [0.5, 0.6) is 0 Å². The summed E-state index contributed by atoms with van der Waals surface area (Å²) >= 11 is 0. The van der Waals surface area contributed by atoms with Crippen LogP contribution in [0.2, 0.25) is 0 Å². The van der Waals surface area contributed by atoms with E-state index in [2.05, 4.69) is 95.7 Å². The van der Waals surface area contributed by atoms with Crippen LogP contribution >= 0.6 is 0 Å². The molecule has 0 unspecified atom stereocenters. The molecule has 0 radical (unpaired) electrons. The monoisotopic (exact) mass is 386 g/mol. The summed E-state index contributed by atoms with van der Waals surface area (Å²) in [6, 6.07) is 26.3. The summed E-state index contributed by atoms with van der Waals surface area (Å²) < 4.78 is 0. The Labute approximate surface area is 170 Å². The van der Waals surface area contributed by atoms with Gasteiger partial charge in [-0.1, -0.05) is 60.4 Å². The molecule has 5 aromatic carbocycles. The molecule has 0 nitrogen and oxygen atoms in total. The molecular formula is C26H18Si2. The second-order valence-corrected chi connectivity index (χ2v) is 7.99. The molecule has 0 atom stereocenters. The van der Waals surface area contributed by atoms with Crippen molar-refractivity contribution in [1.29, 1.82) is 0 Å². The number of benzene rings is 5. The van der Waals surface area contributed by atoms with Gasteiger partial charge in [0.15, 0.2) is 0 Å². The molecule has 0 saturated heterocycles. The molecule has 130 valence electrons. The van der Waals surface area contributed by atoms with Crippen LogP contribution in [-0.4, -0.2) is 20.5 Å². The normalized spacial score (nSPS) is 10.9. The number of hydrogen-bond acceptors (Lipinski definition) is 0. The second-order valence-electron chi connectivity index (χ2n) is 6.99. The van der Waals surface area contributed by atoms with Gasteiger partial charge in [-0.25, -0.2) is 0 Å². The average molecular weight is 387 g/mol. The molecular weight excluding hydrogens is 368 g/mol. The highest BCUT2D eigenvalue weighted by Gasteiger charge is 2.14. The van der Waals surface area contributed by atoms with E-state index >= 15 is 0 Å². The van der Waals surface area contributed by atoms with E-state index in [9.17, 15) is 0 Å². The van der Waals surface area contributed by atoms with Crippen LogP contribution < -0.4 is 0 Å². The maximum atomic E-state index is 3.46. The predicted octanol–water partition coefficient (Wildman–Crippen LogP) is 3.65. The van der Waals surface area contributed by atoms with Crippen molar-refractivity contribution in [3.05, 3.63) is 83.9 Å². The minimum Gasteiger partial charge on any atom is -0.138 e. The van der Waals surface area contributed by atoms with E-state index in [0.717, 1.165) is 31.6 Å². The molecule has 0 amide bonds. The summed E-state index contributed by atoms with van der Waals surface area (Å²) in [6.07, 6.45) is 0. The van der Waals surface area contributed by atoms with Crippen molar-refractivity contribution in [3.63, 3.8) is 0 Å². The van der Waals surface area contributed by atoms with E-state index in [1.54, 1.807) is 0 Å². The largest absolute Gasteiger partial charge is 0.138 e. The van der Waals surface area contributed by atoms with Crippen LogP contribution in [0.1, 0.15) is 11.1 Å². The molecule has 0 aliphatic rings. The molecule has 5 rings (SSSR count). The third-order valence-electron chi connectivity index (χ3n) is 5.35. The molecule has 2 heteroatoms. The Kier molecular flexibility index (Phi) is 4.03. The summed E-state index contributed by atoms with van der Waals surface area (Å²) in [5, 5.41) is 9.84. The van der Waals surface area contributed by atoms with E-state index < -0.39 is 0 Å². The highest BCUT2D eigenvalue weighted by atomic mass is 28.1. The van der Waals surface area contributed by atoms with Crippen molar-refractivity contribution in [2.24, 2.45) is 0 Å². The third-order valence-corrected chi connectivity index (χ3v) is 5.85. The van der Waals surface area contributed by atoms with Crippen LogP contribution in [0, 0.1) is 22.9 Å². The smallest absolute Gasteiger partial charge is 0.0911 e.